The van der Waals surface area contributed by atoms with Crippen molar-refractivity contribution < 1.29 is 9.18 Å². The summed E-state index contributed by atoms with van der Waals surface area (Å²) in [6.07, 6.45) is 1.27. The lowest BCUT2D eigenvalue weighted by molar-refractivity contribution is -0.118. The second-order valence-corrected chi connectivity index (χ2v) is 9.15. The summed E-state index contributed by atoms with van der Waals surface area (Å²) in [6, 6.07) is 13.8. The third-order valence-corrected chi connectivity index (χ3v) is 6.93. The van der Waals surface area contributed by atoms with Gasteiger partial charge < -0.3 is 0 Å². The number of carbonyl (C=O) groups excluding carboxylic acids is 1. The molecule has 1 aromatic heterocycles. The van der Waals surface area contributed by atoms with Crippen LogP contribution in [-0.2, 0) is 10.5 Å². The summed E-state index contributed by atoms with van der Waals surface area (Å²) < 4.78 is 14.9. The second-order valence-electron chi connectivity index (χ2n) is 5.32. The van der Waals surface area contributed by atoms with E-state index in [1.807, 2.05) is 24.3 Å². The van der Waals surface area contributed by atoms with E-state index in [4.69, 9.17) is 11.6 Å². The second kappa shape index (κ2) is 10.6. The fourth-order valence-electron chi connectivity index (χ4n) is 1.98. The van der Waals surface area contributed by atoms with Crippen LogP contribution in [0.3, 0.4) is 0 Å². The first-order valence-electron chi connectivity index (χ1n) is 8.01. The highest BCUT2D eigenvalue weighted by Gasteiger charge is 2.09. The zero-order chi connectivity index (χ0) is 19.8. The quantitative estimate of drug-likeness (QED) is 0.300. The molecule has 0 aliphatic rings. The molecule has 0 aliphatic heterocycles. The summed E-state index contributed by atoms with van der Waals surface area (Å²) in [4.78, 5) is 11.8. The van der Waals surface area contributed by atoms with E-state index in [0.29, 0.717) is 15.7 Å². The molecule has 0 aliphatic carbocycles. The Balaban J connectivity index is 1.43. The molecule has 0 fully saturated rings. The van der Waals surface area contributed by atoms with Crippen molar-refractivity contribution in [2.24, 2.45) is 5.10 Å². The molecule has 1 N–H and O–H groups in total. The first kappa shape index (κ1) is 20.8. The van der Waals surface area contributed by atoms with E-state index >= 15 is 0 Å². The van der Waals surface area contributed by atoms with Crippen LogP contribution in [0.5, 0.6) is 0 Å². The van der Waals surface area contributed by atoms with E-state index in [9.17, 15) is 9.18 Å². The molecule has 0 saturated carbocycles. The molecule has 0 spiro atoms. The van der Waals surface area contributed by atoms with E-state index in [1.54, 1.807) is 30.0 Å². The SMILES string of the molecule is O=C(CSc1nnc(SCc2ccccc2Cl)s1)N/N=C\c1ccccc1F. The molecule has 1 heterocycles. The molecule has 2 aromatic carbocycles. The van der Waals surface area contributed by atoms with Crippen LogP contribution < -0.4 is 5.43 Å². The van der Waals surface area contributed by atoms with Crippen LogP contribution in [0.1, 0.15) is 11.1 Å². The van der Waals surface area contributed by atoms with E-state index in [-0.39, 0.29) is 11.7 Å². The summed E-state index contributed by atoms with van der Waals surface area (Å²) in [5.41, 5.74) is 3.71. The molecule has 0 saturated heterocycles. The Kier molecular flexibility index (Phi) is 7.84. The fourth-order valence-corrected chi connectivity index (χ4v) is 5.08. The Morgan fingerprint density at radius 1 is 1.14 bits per heavy atom. The summed E-state index contributed by atoms with van der Waals surface area (Å²) in [6.45, 7) is 0. The minimum Gasteiger partial charge on any atom is -0.272 e. The summed E-state index contributed by atoms with van der Waals surface area (Å²) in [5.74, 6) is 0.131. The van der Waals surface area contributed by atoms with Crippen molar-refractivity contribution in [3.05, 3.63) is 70.5 Å². The van der Waals surface area contributed by atoms with Crippen molar-refractivity contribution in [1.82, 2.24) is 15.6 Å². The Bertz CT molecular complexity index is 983. The molecule has 0 atom stereocenters. The van der Waals surface area contributed by atoms with Gasteiger partial charge in [-0.05, 0) is 17.7 Å². The monoisotopic (exact) mass is 452 g/mol. The topological polar surface area (TPSA) is 67.2 Å². The van der Waals surface area contributed by atoms with Gasteiger partial charge in [-0.3, -0.25) is 4.79 Å². The van der Waals surface area contributed by atoms with E-state index in [0.717, 1.165) is 14.9 Å². The van der Waals surface area contributed by atoms with Gasteiger partial charge in [0.15, 0.2) is 8.68 Å². The number of benzene rings is 2. The Morgan fingerprint density at radius 2 is 1.86 bits per heavy atom. The van der Waals surface area contributed by atoms with Crippen LogP contribution in [0, 0.1) is 5.82 Å². The molecule has 0 unspecified atom stereocenters. The normalized spacial score (nSPS) is 11.1. The molecule has 144 valence electrons. The Morgan fingerprint density at radius 3 is 2.64 bits per heavy atom. The van der Waals surface area contributed by atoms with Gasteiger partial charge >= 0.3 is 0 Å². The number of hydrogen-bond donors (Lipinski definition) is 1. The highest BCUT2D eigenvalue weighted by Crippen LogP contribution is 2.32. The number of halogens is 2. The van der Waals surface area contributed by atoms with Crippen LogP contribution in [0.4, 0.5) is 4.39 Å². The van der Waals surface area contributed by atoms with Gasteiger partial charge in [-0.2, -0.15) is 5.10 Å². The number of nitrogens with one attached hydrogen (secondary N) is 1. The summed E-state index contributed by atoms with van der Waals surface area (Å²) in [5, 5.41) is 12.7. The largest absolute Gasteiger partial charge is 0.272 e. The van der Waals surface area contributed by atoms with E-state index in [2.05, 4.69) is 20.7 Å². The summed E-state index contributed by atoms with van der Waals surface area (Å²) >= 11 is 10.4. The van der Waals surface area contributed by atoms with E-state index in [1.165, 1.54) is 35.4 Å². The average molecular weight is 453 g/mol. The zero-order valence-electron chi connectivity index (χ0n) is 14.3. The maximum absolute atomic E-state index is 13.4. The number of aromatic nitrogens is 2. The fraction of sp³-hybridized carbons (Fsp3) is 0.111. The minimum absolute atomic E-state index is 0.137. The number of carbonyl (C=O) groups is 1. The van der Waals surface area contributed by atoms with E-state index < -0.39 is 5.82 Å². The smallest absolute Gasteiger partial charge is 0.250 e. The van der Waals surface area contributed by atoms with Crippen LogP contribution in [0.15, 0.2) is 62.3 Å². The lowest BCUT2D eigenvalue weighted by atomic mass is 10.2. The average Bonchev–Trinajstić information content (AvgIpc) is 3.15. The Hall–Kier alpha value is -1.94. The van der Waals surface area contributed by atoms with Crippen LogP contribution >= 0.6 is 46.5 Å². The van der Waals surface area contributed by atoms with Gasteiger partial charge in [-0.15, -0.1) is 10.2 Å². The van der Waals surface area contributed by atoms with Gasteiger partial charge in [0.05, 0.1) is 12.0 Å². The van der Waals surface area contributed by atoms with Crippen molar-refractivity contribution >= 4 is 58.6 Å². The van der Waals surface area contributed by atoms with Gasteiger partial charge in [0.25, 0.3) is 5.91 Å². The van der Waals surface area contributed by atoms with Crippen molar-refractivity contribution in [3.8, 4) is 0 Å². The lowest BCUT2D eigenvalue weighted by Gasteiger charge is -2.00. The number of hydrogen-bond acceptors (Lipinski definition) is 7. The van der Waals surface area contributed by atoms with Gasteiger partial charge in [-0.25, -0.2) is 9.82 Å². The van der Waals surface area contributed by atoms with Crippen molar-refractivity contribution in [2.45, 2.75) is 14.4 Å². The number of rotatable bonds is 8. The van der Waals surface area contributed by atoms with Crippen LogP contribution in [0.25, 0.3) is 0 Å². The molecule has 5 nitrogen and oxygen atoms in total. The highest BCUT2D eigenvalue weighted by molar-refractivity contribution is 8.03. The third-order valence-electron chi connectivity index (χ3n) is 3.32. The molecule has 1 amide bonds. The molecule has 3 aromatic rings. The van der Waals surface area contributed by atoms with Crippen LogP contribution in [-0.4, -0.2) is 28.1 Å². The summed E-state index contributed by atoms with van der Waals surface area (Å²) in [7, 11) is 0. The van der Waals surface area contributed by atoms with Gasteiger partial charge in [0.2, 0.25) is 0 Å². The predicted molar refractivity (Wildman–Crippen MR) is 114 cm³/mol. The molecule has 3 rings (SSSR count). The zero-order valence-corrected chi connectivity index (χ0v) is 17.5. The lowest BCUT2D eigenvalue weighted by Crippen LogP contribution is -2.19. The molecule has 10 heteroatoms. The number of thioether (sulfide) groups is 2. The third kappa shape index (κ3) is 6.30. The molecule has 0 radical (unpaired) electrons. The van der Waals surface area contributed by atoms with Gasteiger partial charge in [0.1, 0.15) is 5.82 Å². The van der Waals surface area contributed by atoms with Crippen molar-refractivity contribution in [2.75, 3.05) is 5.75 Å². The van der Waals surface area contributed by atoms with Gasteiger partial charge in [-0.1, -0.05) is 82.9 Å². The number of hydrazone groups is 1. The first-order valence-corrected chi connectivity index (χ1v) is 11.2. The maximum Gasteiger partial charge on any atom is 0.250 e. The number of amides is 1. The highest BCUT2D eigenvalue weighted by atomic mass is 35.5. The number of nitrogens with zero attached hydrogens (tertiary/aromatic N) is 3. The Labute approximate surface area is 178 Å². The van der Waals surface area contributed by atoms with Crippen molar-refractivity contribution in [1.29, 1.82) is 0 Å². The molecule has 0 bridgehead atoms. The standard InChI is InChI=1S/C18H14ClFN4OS3/c19-14-7-3-1-6-13(14)10-26-17-23-24-18(28-17)27-11-16(25)22-21-9-12-5-2-4-8-15(12)20/h1-9H,10-11H2,(H,22,25)/b21-9-. The minimum atomic E-state index is -0.398. The molecule has 28 heavy (non-hydrogen) atoms. The van der Waals surface area contributed by atoms with Crippen molar-refractivity contribution in [3.63, 3.8) is 0 Å². The molecular weight excluding hydrogens is 439 g/mol. The maximum atomic E-state index is 13.4. The molecular formula is C18H14ClFN4OS3. The predicted octanol–water partition coefficient (Wildman–Crippen LogP) is 4.87. The first-order chi connectivity index (χ1) is 13.6. The van der Waals surface area contributed by atoms with Crippen LogP contribution in [0.2, 0.25) is 5.02 Å². The van der Waals surface area contributed by atoms with Gasteiger partial charge in [0, 0.05) is 16.3 Å².